The first-order chi connectivity index (χ1) is 12.7. The number of nitrogen functional groups attached to an aromatic ring is 1. The van der Waals surface area contributed by atoms with Crippen molar-refractivity contribution in [1.82, 2.24) is 4.98 Å². The van der Waals surface area contributed by atoms with Gasteiger partial charge in [-0.3, -0.25) is 14.9 Å². The van der Waals surface area contributed by atoms with E-state index in [1.165, 1.54) is 6.92 Å². The lowest BCUT2D eigenvalue weighted by Crippen LogP contribution is -2.30. The molecule has 1 heterocycles. The molecule has 0 fully saturated rings. The fourth-order valence-corrected chi connectivity index (χ4v) is 2.09. The number of nitrogens with one attached hydrogen (secondary N) is 1. The molecule has 27 heavy (non-hydrogen) atoms. The lowest BCUT2D eigenvalue weighted by Gasteiger charge is -2.15. The van der Waals surface area contributed by atoms with Crippen molar-refractivity contribution in [3.8, 4) is 0 Å². The Morgan fingerprint density at radius 2 is 1.93 bits per heavy atom. The molecule has 142 valence electrons. The van der Waals surface area contributed by atoms with E-state index in [0.717, 1.165) is 18.0 Å². The normalized spacial score (nSPS) is 11.4. The van der Waals surface area contributed by atoms with Crippen LogP contribution < -0.4 is 16.0 Å². The maximum Gasteiger partial charge on any atom is 0.342 e. The molecule has 10 nitrogen and oxygen atoms in total. The largest absolute Gasteiger partial charge is 0.449 e. The van der Waals surface area contributed by atoms with Crippen LogP contribution in [0, 0.1) is 10.1 Å². The molecule has 0 unspecified atom stereocenters. The number of nitro groups is 1. The van der Waals surface area contributed by atoms with Gasteiger partial charge in [-0.2, -0.15) is 0 Å². The van der Waals surface area contributed by atoms with Crippen LogP contribution in [-0.4, -0.2) is 42.0 Å². The predicted octanol–water partition coefficient (Wildman–Crippen LogP) is 1.82. The summed E-state index contributed by atoms with van der Waals surface area (Å²) in [5.74, 6) is -1.76. The second kappa shape index (κ2) is 8.13. The van der Waals surface area contributed by atoms with Gasteiger partial charge >= 0.3 is 5.97 Å². The molecule has 2 aromatic rings. The van der Waals surface area contributed by atoms with Crippen molar-refractivity contribution in [1.29, 1.82) is 0 Å². The highest BCUT2D eigenvalue weighted by molar-refractivity contribution is 5.99. The second-order valence-corrected chi connectivity index (χ2v) is 5.86. The second-order valence-electron chi connectivity index (χ2n) is 5.86. The van der Waals surface area contributed by atoms with Gasteiger partial charge in [-0.15, -0.1) is 0 Å². The summed E-state index contributed by atoms with van der Waals surface area (Å²) in [6.07, 6.45) is -0.218. The number of hydrogen-bond donors (Lipinski definition) is 2. The van der Waals surface area contributed by atoms with Crippen LogP contribution in [0.5, 0.6) is 0 Å². The Hall–Kier alpha value is -3.69. The van der Waals surface area contributed by atoms with Crippen molar-refractivity contribution in [3.05, 3.63) is 52.2 Å². The van der Waals surface area contributed by atoms with E-state index in [1.54, 1.807) is 12.1 Å². The number of rotatable bonds is 6. The zero-order valence-corrected chi connectivity index (χ0v) is 15.0. The number of carbonyl (C=O) groups is 2. The van der Waals surface area contributed by atoms with Gasteiger partial charge in [0.05, 0.1) is 4.92 Å². The Bertz CT molecular complexity index is 867. The third kappa shape index (κ3) is 4.91. The molecule has 2 rings (SSSR count). The summed E-state index contributed by atoms with van der Waals surface area (Å²) in [7, 11) is 3.78. The summed E-state index contributed by atoms with van der Waals surface area (Å²) >= 11 is 0. The summed E-state index contributed by atoms with van der Waals surface area (Å²) in [6, 6.07) is 8.02. The molecule has 1 aromatic carbocycles. The number of carbonyl (C=O) groups excluding carboxylic acids is 2. The summed E-state index contributed by atoms with van der Waals surface area (Å²) in [6.45, 7) is 1.38. The van der Waals surface area contributed by atoms with E-state index in [4.69, 9.17) is 10.5 Å². The Morgan fingerprint density at radius 1 is 1.30 bits per heavy atom. The zero-order chi connectivity index (χ0) is 20.1. The number of pyridine rings is 1. The quantitative estimate of drug-likeness (QED) is 0.444. The molecule has 3 N–H and O–H groups in total. The van der Waals surface area contributed by atoms with E-state index < -0.39 is 28.6 Å². The molecule has 0 aliphatic carbocycles. The van der Waals surface area contributed by atoms with Gasteiger partial charge in [-0.1, -0.05) is 0 Å². The van der Waals surface area contributed by atoms with Gasteiger partial charge in [0.1, 0.15) is 17.6 Å². The number of anilines is 3. The Kier molecular flexibility index (Phi) is 5.91. The summed E-state index contributed by atoms with van der Waals surface area (Å²) < 4.78 is 5.05. The van der Waals surface area contributed by atoms with Crippen LogP contribution in [0.1, 0.15) is 17.3 Å². The van der Waals surface area contributed by atoms with Gasteiger partial charge < -0.3 is 20.7 Å². The summed E-state index contributed by atoms with van der Waals surface area (Å²) in [4.78, 5) is 40.0. The molecular formula is C17H19N5O5. The first-order valence-electron chi connectivity index (χ1n) is 7.88. The van der Waals surface area contributed by atoms with E-state index in [0.29, 0.717) is 5.69 Å². The van der Waals surface area contributed by atoms with Gasteiger partial charge in [0.25, 0.3) is 11.6 Å². The van der Waals surface area contributed by atoms with E-state index in [-0.39, 0.29) is 11.4 Å². The van der Waals surface area contributed by atoms with E-state index in [9.17, 15) is 19.7 Å². The van der Waals surface area contributed by atoms with Gasteiger partial charge in [-0.25, -0.2) is 9.78 Å². The van der Waals surface area contributed by atoms with Gasteiger partial charge in [0.15, 0.2) is 6.10 Å². The number of benzene rings is 1. The SMILES string of the molecule is C[C@H](OC(=O)c1cc([N+](=O)[O-])cnc1N)C(=O)Nc1ccc(N(C)C)cc1. The van der Waals surface area contributed by atoms with Crippen LogP contribution in [0.2, 0.25) is 0 Å². The molecule has 1 amide bonds. The summed E-state index contributed by atoms with van der Waals surface area (Å²) in [5, 5.41) is 13.4. The van der Waals surface area contributed by atoms with Crippen molar-refractivity contribution < 1.29 is 19.2 Å². The first kappa shape index (κ1) is 19.6. The molecule has 0 spiro atoms. The highest BCUT2D eigenvalue weighted by Crippen LogP contribution is 2.19. The third-order valence-corrected chi connectivity index (χ3v) is 3.64. The number of esters is 1. The predicted molar refractivity (Wildman–Crippen MR) is 99.6 cm³/mol. The molecule has 0 radical (unpaired) electrons. The fourth-order valence-electron chi connectivity index (χ4n) is 2.09. The summed E-state index contributed by atoms with van der Waals surface area (Å²) in [5.41, 5.74) is 6.37. The van der Waals surface area contributed by atoms with E-state index in [2.05, 4.69) is 10.3 Å². The highest BCUT2D eigenvalue weighted by atomic mass is 16.6. The van der Waals surface area contributed by atoms with Crippen molar-refractivity contribution in [2.24, 2.45) is 0 Å². The number of ether oxygens (including phenoxy) is 1. The number of amides is 1. The molecule has 1 aromatic heterocycles. The van der Waals surface area contributed by atoms with Crippen molar-refractivity contribution in [2.75, 3.05) is 30.0 Å². The minimum atomic E-state index is -1.15. The zero-order valence-electron chi connectivity index (χ0n) is 15.0. The average Bonchev–Trinajstić information content (AvgIpc) is 2.62. The van der Waals surface area contributed by atoms with E-state index in [1.807, 2.05) is 31.1 Å². The monoisotopic (exact) mass is 373 g/mol. The Balaban J connectivity index is 2.04. The topological polar surface area (TPSA) is 141 Å². The van der Waals surface area contributed by atoms with Gasteiger partial charge in [-0.05, 0) is 31.2 Å². The molecule has 0 aliphatic heterocycles. The standard InChI is InChI=1S/C17H19N5O5/c1-10(16(23)20-11-4-6-12(7-5-11)21(2)3)27-17(24)14-8-13(22(25)26)9-19-15(14)18/h4-10H,1-3H3,(H2,18,19)(H,20,23)/t10-/m0/s1. The van der Waals surface area contributed by atoms with Crippen LogP contribution in [0.25, 0.3) is 0 Å². The Labute approximate surface area is 155 Å². The lowest BCUT2D eigenvalue weighted by molar-refractivity contribution is -0.385. The molecule has 10 heteroatoms. The van der Waals surface area contributed by atoms with Gasteiger partial charge in [0.2, 0.25) is 0 Å². The smallest absolute Gasteiger partial charge is 0.342 e. The maximum absolute atomic E-state index is 12.2. The number of hydrogen-bond acceptors (Lipinski definition) is 8. The molecular weight excluding hydrogens is 354 g/mol. The number of nitrogens with zero attached hydrogens (tertiary/aromatic N) is 3. The van der Waals surface area contributed by atoms with Crippen LogP contribution in [0.4, 0.5) is 22.9 Å². The Morgan fingerprint density at radius 3 is 2.48 bits per heavy atom. The van der Waals surface area contributed by atoms with E-state index >= 15 is 0 Å². The van der Waals surface area contributed by atoms with Crippen molar-refractivity contribution >= 4 is 34.8 Å². The van der Waals surface area contributed by atoms with Crippen LogP contribution in [-0.2, 0) is 9.53 Å². The minimum Gasteiger partial charge on any atom is -0.449 e. The van der Waals surface area contributed by atoms with Crippen LogP contribution in [0.15, 0.2) is 36.5 Å². The molecule has 0 saturated heterocycles. The fraction of sp³-hybridized carbons (Fsp3) is 0.235. The third-order valence-electron chi connectivity index (χ3n) is 3.64. The average molecular weight is 373 g/mol. The van der Waals surface area contributed by atoms with Crippen molar-refractivity contribution in [3.63, 3.8) is 0 Å². The number of aromatic nitrogens is 1. The number of nitrogens with two attached hydrogens (primary N) is 1. The van der Waals surface area contributed by atoms with Crippen LogP contribution >= 0.6 is 0 Å². The maximum atomic E-state index is 12.2. The lowest BCUT2D eigenvalue weighted by atomic mass is 10.2. The molecule has 1 atom stereocenters. The highest BCUT2D eigenvalue weighted by Gasteiger charge is 2.23. The first-order valence-corrected chi connectivity index (χ1v) is 7.88. The van der Waals surface area contributed by atoms with Crippen LogP contribution in [0.3, 0.4) is 0 Å². The van der Waals surface area contributed by atoms with Gasteiger partial charge in [0, 0.05) is 31.5 Å². The molecule has 0 aliphatic rings. The minimum absolute atomic E-state index is 0.225. The molecule has 0 saturated carbocycles. The molecule has 0 bridgehead atoms. The van der Waals surface area contributed by atoms with Crippen molar-refractivity contribution in [2.45, 2.75) is 13.0 Å².